The molecule has 2 rings (SSSR count). The summed E-state index contributed by atoms with van der Waals surface area (Å²) in [6.07, 6.45) is 0.862. The van der Waals surface area contributed by atoms with Gasteiger partial charge in [0.1, 0.15) is 5.01 Å². The Hall–Kier alpha value is -2.16. The molecule has 5 heteroatoms. The molecule has 1 amide bonds. The summed E-state index contributed by atoms with van der Waals surface area (Å²) in [4.78, 5) is 16.5. The summed E-state index contributed by atoms with van der Waals surface area (Å²) in [6, 6.07) is 9.72. The number of benzene rings is 1. The predicted molar refractivity (Wildman–Crippen MR) is 98.8 cm³/mol. The molecule has 1 unspecified atom stereocenters. The summed E-state index contributed by atoms with van der Waals surface area (Å²) in [5.74, 6) is 5.91. The Bertz CT molecular complexity index is 730. The molecule has 0 aliphatic carbocycles. The van der Waals surface area contributed by atoms with Crippen molar-refractivity contribution >= 4 is 17.2 Å². The summed E-state index contributed by atoms with van der Waals surface area (Å²) < 4.78 is 0. The van der Waals surface area contributed by atoms with Gasteiger partial charge in [-0.15, -0.1) is 11.3 Å². The highest BCUT2D eigenvalue weighted by Gasteiger charge is 2.27. The maximum Gasteiger partial charge on any atom is 0.234 e. The molecule has 4 nitrogen and oxygen atoms in total. The van der Waals surface area contributed by atoms with Crippen molar-refractivity contribution < 1.29 is 4.79 Å². The van der Waals surface area contributed by atoms with E-state index in [-0.39, 0.29) is 18.0 Å². The Morgan fingerprint density at radius 2 is 2.08 bits per heavy atom. The van der Waals surface area contributed by atoms with Gasteiger partial charge in [0.05, 0.1) is 18.6 Å². The molecular weight excluding hydrogens is 318 g/mol. The van der Waals surface area contributed by atoms with E-state index in [9.17, 15) is 4.79 Å². The van der Waals surface area contributed by atoms with Crippen LogP contribution in [0.25, 0.3) is 0 Å². The van der Waals surface area contributed by atoms with Gasteiger partial charge in [0.15, 0.2) is 0 Å². The second-order valence-corrected chi connectivity index (χ2v) is 6.64. The molecule has 0 fully saturated rings. The van der Waals surface area contributed by atoms with E-state index in [0.29, 0.717) is 6.54 Å². The van der Waals surface area contributed by atoms with E-state index in [1.807, 2.05) is 42.6 Å². The third-order valence-electron chi connectivity index (χ3n) is 3.82. The number of amides is 1. The van der Waals surface area contributed by atoms with Crippen molar-refractivity contribution in [2.24, 2.45) is 0 Å². The lowest BCUT2D eigenvalue weighted by Gasteiger charge is -2.27. The van der Waals surface area contributed by atoms with Crippen LogP contribution in [-0.2, 0) is 10.3 Å². The zero-order valence-electron chi connectivity index (χ0n) is 14.3. The minimum atomic E-state index is -0.286. The molecule has 0 saturated heterocycles. The van der Waals surface area contributed by atoms with Crippen LogP contribution in [0.5, 0.6) is 0 Å². The van der Waals surface area contributed by atoms with E-state index in [2.05, 4.69) is 41.3 Å². The van der Waals surface area contributed by atoms with Crippen molar-refractivity contribution in [2.45, 2.75) is 32.7 Å². The molecule has 0 aliphatic rings. The van der Waals surface area contributed by atoms with Crippen LogP contribution in [0.15, 0.2) is 35.7 Å². The Kier molecular flexibility index (Phi) is 6.53. The van der Waals surface area contributed by atoms with Crippen molar-refractivity contribution in [1.82, 2.24) is 15.6 Å². The predicted octanol–water partition coefficient (Wildman–Crippen LogP) is 2.83. The summed E-state index contributed by atoms with van der Waals surface area (Å²) in [6.45, 7) is 6.74. The van der Waals surface area contributed by atoms with Gasteiger partial charge in [0, 0.05) is 16.6 Å². The zero-order chi connectivity index (χ0) is 17.4. The number of rotatable bonds is 6. The van der Waals surface area contributed by atoms with Gasteiger partial charge in [-0.25, -0.2) is 4.98 Å². The van der Waals surface area contributed by atoms with Crippen molar-refractivity contribution in [3.8, 4) is 11.8 Å². The van der Waals surface area contributed by atoms with Crippen LogP contribution >= 0.6 is 11.3 Å². The van der Waals surface area contributed by atoms with Crippen LogP contribution in [0.2, 0.25) is 0 Å². The standard InChI is InChI=1S/C19H23N3OS/c1-4-19(3,18-22-15(2)14-24-18)21-13-17(23)20-12-8-11-16-9-6-5-7-10-16/h5-7,9-10,14,21H,4,12-13H2,1-3H3,(H,20,23). The molecule has 2 N–H and O–H groups in total. The van der Waals surface area contributed by atoms with Crippen LogP contribution in [0.3, 0.4) is 0 Å². The van der Waals surface area contributed by atoms with Crippen molar-refractivity contribution in [1.29, 1.82) is 0 Å². The van der Waals surface area contributed by atoms with Crippen LogP contribution in [0.1, 0.15) is 36.5 Å². The van der Waals surface area contributed by atoms with Gasteiger partial charge in [-0.2, -0.15) is 0 Å². The second-order valence-electron chi connectivity index (χ2n) is 5.78. The molecule has 1 aromatic carbocycles. The molecule has 1 atom stereocenters. The number of aryl methyl sites for hydroxylation is 1. The highest BCUT2D eigenvalue weighted by atomic mass is 32.1. The smallest absolute Gasteiger partial charge is 0.234 e. The van der Waals surface area contributed by atoms with E-state index in [1.165, 1.54) is 0 Å². The fourth-order valence-electron chi connectivity index (χ4n) is 2.11. The van der Waals surface area contributed by atoms with E-state index in [4.69, 9.17) is 0 Å². The lowest BCUT2D eigenvalue weighted by atomic mass is 10.00. The van der Waals surface area contributed by atoms with Gasteiger partial charge in [0.25, 0.3) is 0 Å². The first-order chi connectivity index (χ1) is 11.5. The van der Waals surface area contributed by atoms with Gasteiger partial charge in [-0.1, -0.05) is 37.0 Å². The Labute approximate surface area is 147 Å². The topological polar surface area (TPSA) is 54.0 Å². The quantitative estimate of drug-likeness (QED) is 0.795. The Balaban J connectivity index is 1.81. The molecule has 0 aliphatic heterocycles. The number of carbonyl (C=O) groups is 1. The van der Waals surface area contributed by atoms with E-state index >= 15 is 0 Å². The molecular formula is C19H23N3OS. The molecule has 0 spiro atoms. The monoisotopic (exact) mass is 341 g/mol. The summed E-state index contributed by atoms with van der Waals surface area (Å²) >= 11 is 1.62. The summed E-state index contributed by atoms with van der Waals surface area (Å²) in [7, 11) is 0. The van der Waals surface area contributed by atoms with E-state index < -0.39 is 0 Å². The SMILES string of the molecule is CCC(C)(NCC(=O)NCC#Cc1ccccc1)c1nc(C)cs1. The summed E-state index contributed by atoms with van der Waals surface area (Å²) in [5.41, 5.74) is 1.67. The number of hydrogen-bond acceptors (Lipinski definition) is 4. The largest absolute Gasteiger partial charge is 0.344 e. The van der Waals surface area contributed by atoms with E-state index in [1.54, 1.807) is 11.3 Å². The minimum absolute atomic E-state index is 0.0645. The number of hydrogen-bond donors (Lipinski definition) is 2. The Morgan fingerprint density at radius 1 is 1.33 bits per heavy atom. The highest BCUT2D eigenvalue weighted by Crippen LogP contribution is 2.27. The third kappa shape index (κ3) is 5.19. The number of carbonyl (C=O) groups excluding carboxylic acids is 1. The lowest BCUT2D eigenvalue weighted by Crippen LogP contribution is -2.45. The second kappa shape index (κ2) is 8.62. The van der Waals surface area contributed by atoms with Crippen molar-refractivity contribution in [3.05, 3.63) is 52.0 Å². The zero-order valence-corrected chi connectivity index (χ0v) is 15.2. The van der Waals surface area contributed by atoms with Crippen LogP contribution in [0.4, 0.5) is 0 Å². The normalized spacial score (nSPS) is 12.8. The van der Waals surface area contributed by atoms with Crippen LogP contribution in [-0.4, -0.2) is 24.0 Å². The first-order valence-electron chi connectivity index (χ1n) is 8.02. The van der Waals surface area contributed by atoms with Crippen LogP contribution < -0.4 is 10.6 Å². The van der Waals surface area contributed by atoms with Gasteiger partial charge in [-0.3, -0.25) is 10.1 Å². The number of aromatic nitrogens is 1. The van der Waals surface area contributed by atoms with Gasteiger partial charge in [0.2, 0.25) is 5.91 Å². The fourth-order valence-corrected chi connectivity index (χ4v) is 3.12. The molecule has 2 aromatic rings. The van der Waals surface area contributed by atoms with Crippen molar-refractivity contribution in [3.63, 3.8) is 0 Å². The molecule has 24 heavy (non-hydrogen) atoms. The molecule has 0 saturated carbocycles. The molecule has 0 radical (unpaired) electrons. The highest BCUT2D eigenvalue weighted by molar-refractivity contribution is 7.09. The van der Waals surface area contributed by atoms with Crippen LogP contribution in [0, 0.1) is 18.8 Å². The number of thiazole rings is 1. The van der Waals surface area contributed by atoms with E-state index in [0.717, 1.165) is 22.7 Å². The first kappa shape index (κ1) is 18.2. The van der Waals surface area contributed by atoms with Gasteiger partial charge >= 0.3 is 0 Å². The van der Waals surface area contributed by atoms with Gasteiger partial charge in [-0.05, 0) is 32.4 Å². The maximum atomic E-state index is 12.0. The average Bonchev–Trinajstić information content (AvgIpc) is 3.04. The van der Waals surface area contributed by atoms with Gasteiger partial charge < -0.3 is 5.32 Å². The lowest BCUT2D eigenvalue weighted by molar-refractivity contribution is -0.120. The fraction of sp³-hybridized carbons (Fsp3) is 0.368. The Morgan fingerprint density at radius 3 is 2.71 bits per heavy atom. The maximum absolute atomic E-state index is 12.0. The molecule has 1 aromatic heterocycles. The first-order valence-corrected chi connectivity index (χ1v) is 8.90. The number of nitrogens with one attached hydrogen (secondary N) is 2. The number of nitrogens with zero attached hydrogens (tertiary/aromatic N) is 1. The molecule has 1 heterocycles. The molecule has 0 bridgehead atoms. The molecule has 126 valence electrons. The third-order valence-corrected chi connectivity index (χ3v) is 5.04. The average molecular weight is 341 g/mol. The van der Waals surface area contributed by atoms with Crippen molar-refractivity contribution in [2.75, 3.05) is 13.1 Å². The summed E-state index contributed by atoms with van der Waals surface area (Å²) in [5, 5.41) is 9.18. The minimum Gasteiger partial charge on any atom is -0.344 e.